The average Bonchev–Trinajstić information content (AvgIpc) is 3.30. The highest BCUT2D eigenvalue weighted by Crippen LogP contribution is 2.31. The first-order chi connectivity index (χ1) is 14.4. The number of hydrogen-bond acceptors (Lipinski definition) is 6. The maximum absolute atomic E-state index is 13.1. The number of amides is 1. The molecule has 0 aliphatic carbocycles. The van der Waals surface area contributed by atoms with Crippen molar-refractivity contribution >= 4 is 38.6 Å². The molecule has 2 aromatic rings. The summed E-state index contributed by atoms with van der Waals surface area (Å²) >= 11 is 1.17. The van der Waals surface area contributed by atoms with Crippen LogP contribution in [0, 0.1) is 5.92 Å². The maximum Gasteiger partial charge on any atom is 0.271 e. The van der Waals surface area contributed by atoms with Crippen molar-refractivity contribution in [2.45, 2.75) is 24.0 Å². The third-order valence-electron chi connectivity index (χ3n) is 5.65. The number of likely N-dealkylation sites (tertiary alicyclic amines) is 1. The third-order valence-corrected chi connectivity index (χ3v) is 8.41. The highest BCUT2D eigenvalue weighted by atomic mass is 32.2. The molecule has 1 atom stereocenters. The van der Waals surface area contributed by atoms with E-state index in [-0.39, 0.29) is 10.1 Å². The third kappa shape index (κ3) is 4.63. The van der Waals surface area contributed by atoms with Gasteiger partial charge in [-0.15, -0.1) is 11.3 Å². The van der Waals surface area contributed by atoms with E-state index >= 15 is 0 Å². The van der Waals surface area contributed by atoms with Gasteiger partial charge in [-0.2, -0.15) is 0 Å². The van der Waals surface area contributed by atoms with Gasteiger partial charge in [0.2, 0.25) is 0 Å². The zero-order chi connectivity index (χ0) is 21.1. The Kier molecular flexibility index (Phi) is 6.31. The van der Waals surface area contributed by atoms with E-state index < -0.39 is 10.0 Å². The van der Waals surface area contributed by atoms with Gasteiger partial charge in [0, 0.05) is 44.8 Å². The molecule has 7 nitrogen and oxygen atoms in total. The number of carbonyl (C=O) groups excluding carboxylic acids is 1. The number of nitrogens with zero attached hydrogens (tertiary/aromatic N) is 2. The van der Waals surface area contributed by atoms with Crippen LogP contribution in [-0.4, -0.2) is 58.5 Å². The minimum atomic E-state index is -3.71. The van der Waals surface area contributed by atoms with Crippen molar-refractivity contribution in [3.63, 3.8) is 0 Å². The second kappa shape index (κ2) is 8.95. The normalized spacial score (nSPS) is 20.2. The molecule has 162 valence electrons. The minimum absolute atomic E-state index is 0.0371. The zero-order valence-corrected chi connectivity index (χ0v) is 18.8. The minimum Gasteiger partial charge on any atom is -0.367 e. The van der Waals surface area contributed by atoms with Gasteiger partial charge in [0.05, 0.1) is 11.4 Å². The summed E-state index contributed by atoms with van der Waals surface area (Å²) in [4.78, 5) is 17.1. The molecule has 2 fully saturated rings. The molecule has 0 saturated carbocycles. The molecule has 1 aromatic heterocycles. The van der Waals surface area contributed by atoms with Crippen LogP contribution in [-0.2, 0) is 10.0 Å². The van der Waals surface area contributed by atoms with Gasteiger partial charge in [-0.3, -0.25) is 9.52 Å². The molecule has 0 spiro atoms. The van der Waals surface area contributed by atoms with Crippen LogP contribution in [0.2, 0.25) is 0 Å². The summed E-state index contributed by atoms with van der Waals surface area (Å²) in [5.41, 5.74) is 1.79. The van der Waals surface area contributed by atoms with Crippen LogP contribution in [0.4, 0.5) is 11.4 Å². The lowest BCUT2D eigenvalue weighted by molar-refractivity contribution is 0.0683. The van der Waals surface area contributed by atoms with Crippen molar-refractivity contribution in [2.75, 3.05) is 48.9 Å². The number of sulfonamides is 1. The van der Waals surface area contributed by atoms with Gasteiger partial charge in [0.1, 0.15) is 4.21 Å². The predicted octanol–water partition coefficient (Wildman–Crippen LogP) is 2.83. The molecular weight excluding hydrogens is 420 g/mol. The number of thiophene rings is 1. The fourth-order valence-corrected chi connectivity index (χ4v) is 6.16. The Hall–Kier alpha value is -2.10. The molecule has 1 amide bonds. The van der Waals surface area contributed by atoms with Crippen molar-refractivity contribution in [3.05, 3.63) is 41.3 Å². The Morgan fingerprint density at radius 1 is 1.20 bits per heavy atom. The number of anilines is 2. The van der Waals surface area contributed by atoms with Crippen molar-refractivity contribution in [1.82, 2.24) is 10.2 Å². The second-order valence-electron chi connectivity index (χ2n) is 8.01. The molecule has 2 aliphatic heterocycles. The van der Waals surface area contributed by atoms with Gasteiger partial charge in [-0.1, -0.05) is 13.0 Å². The monoisotopic (exact) mass is 448 g/mol. The molecule has 30 heavy (non-hydrogen) atoms. The molecule has 0 radical (unpaired) electrons. The van der Waals surface area contributed by atoms with E-state index in [0.29, 0.717) is 17.2 Å². The van der Waals surface area contributed by atoms with Crippen LogP contribution < -0.4 is 14.9 Å². The molecule has 0 bridgehead atoms. The standard InChI is InChI=1S/C21H28N4O3S2/c1-16-4-2-10-25(15-16)21(26)17-6-7-19(24-11-8-22-9-12-24)18(14-17)23-30(27,28)20-5-3-13-29-20/h3,5-7,13-14,16,22-23H,2,4,8-12,15H2,1H3/t16-/m1/s1. The van der Waals surface area contributed by atoms with E-state index in [4.69, 9.17) is 0 Å². The van der Waals surface area contributed by atoms with E-state index in [1.165, 1.54) is 11.3 Å². The predicted molar refractivity (Wildman–Crippen MR) is 121 cm³/mol. The Morgan fingerprint density at radius 3 is 2.70 bits per heavy atom. The highest BCUT2D eigenvalue weighted by molar-refractivity contribution is 7.94. The second-order valence-corrected chi connectivity index (χ2v) is 10.9. The summed E-state index contributed by atoms with van der Waals surface area (Å²) in [5, 5.41) is 5.05. The zero-order valence-electron chi connectivity index (χ0n) is 17.1. The van der Waals surface area contributed by atoms with Gasteiger partial charge < -0.3 is 15.1 Å². The quantitative estimate of drug-likeness (QED) is 0.735. The summed E-state index contributed by atoms with van der Waals surface area (Å²) in [7, 11) is -3.71. The Labute approximate surface area is 182 Å². The number of hydrogen-bond donors (Lipinski definition) is 2. The fourth-order valence-electron chi connectivity index (χ4n) is 4.10. The summed E-state index contributed by atoms with van der Waals surface area (Å²) in [6.07, 6.45) is 2.14. The lowest BCUT2D eigenvalue weighted by Crippen LogP contribution is -2.44. The van der Waals surface area contributed by atoms with Gasteiger partial charge in [0.25, 0.3) is 15.9 Å². The van der Waals surface area contributed by atoms with Gasteiger partial charge in [-0.25, -0.2) is 8.42 Å². The first-order valence-corrected chi connectivity index (χ1v) is 12.8. The van der Waals surface area contributed by atoms with Crippen LogP contribution in [0.15, 0.2) is 39.9 Å². The molecular formula is C21H28N4O3S2. The van der Waals surface area contributed by atoms with Crippen molar-refractivity contribution in [1.29, 1.82) is 0 Å². The van der Waals surface area contributed by atoms with Gasteiger partial charge >= 0.3 is 0 Å². The van der Waals surface area contributed by atoms with Gasteiger partial charge in [-0.05, 0) is 48.4 Å². The number of benzene rings is 1. The first kappa shape index (κ1) is 21.1. The van der Waals surface area contributed by atoms with Crippen LogP contribution in [0.3, 0.4) is 0 Å². The van der Waals surface area contributed by atoms with Crippen molar-refractivity contribution in [3.8, 4) is 0 Å². The Bertz CT molecular complexity index is 986. The first-order valence-electron chi connectivity index (χ1n) is 10.4. The van der Waals surface area contributed by atoms with Crippen molar-refractivity contribution in [2.24, 2.45) is 5.92 Å². The van der Waals surface area contributed by atoms with E-state index in [0.717, 1.165) is 57.8 Å². The van der Waals surface area contributed by atoms with E-state index in [1.807, 2.05) is 17.0 Å². The highest BCUT2D eigenvalue weighted by Gasteiger charge is 2.25. The lowest BCUT2D eigenvalue weighted by Gasteiger charge is -2.33. The van der Waals surface area contributed by atoms with Crippen LogP contribution >= 0.6 is 11.3 Å². The summed E-state index contributed by atoms with van der Waals surface area (Å²) in [6.45, 7) is 6.89. The van der Waals surface area contributed by atoms with E-state index in [2.05, 4.69) is 21.9 Å². The Balaban J connectivity index is 1.66. The van der Waals surface area contributed by atoms with E-state index in [1.54, 1.807) is 23.6 Å². The Morgan fingerprint density at radius 2 is 2.00 bits per heavy atom. The molecule has 1 aromatic carbocycles. The number of piperidine rings is 1. The van der Waals surface area contributed by atoms with Gasteiger partial charge in [0.15, 0.2) is 0 Å². The number of nitrogens with one attached hydrogen (secondary N) is 2. The number of carbonyl (C=O) groups is 1. The average molecular weight is 449 g/mol. The summed E-state index contributed by atoms with van der Waals surface area (Å²) in [5.74, 6) is 0.449. The van der Waals surface area contributed by atoms with Crippen LogP contribution in [0.25, 0.3) is 0 Å². The molecule has 4 rings (SSSR count). The molecule has 2 aliphatic rings. The topological polar surface area (TPSA) is 81.8 Å². The molecule has 3 heterocycles. The maximum atomic E-state index is 13.1. The molecule has 9 heteroatoms. The van der Waals surface area contributed by atoms with Crippen LogP contribution in [0.1, 0.15) is 30.1 Å². The number of rotatable bonds is 5. The molecule has 2 N–H and O–H groups in total. The number of piperazine rings is 1. The summed E-state index contributed by atoms with van der Waals surface area (Å²) in [6, 6.07) is 8.69. The SMILES string of the molecule is C[C@@H]1CCCN(C(=O)c2ccc(N3CCNCC3)c(NS(=O)(=O)c3cccs3)c2)C1. The molecule has 2 saturated heterocycles. The largest absolute Gasteiger partial charge is 0.367 e. The fraction of sp³-hybridized carbons (Fsp3) is 0.476. The van der Waals surface area contributed by atoms with Crippen LogP contribution in [0.5, 0.6) is 0 Å². The smallest absolute Gasteiger partial charge is 0.271 e. The lowest BCUT2D eigenvalue weighted by atomic mass is 9.99. The molecule has 0 unspecified atom stereocenters. The summed E-state index contributed by atoms with van der Waals surface area (Å²) < 4.78 is 28.8. The van der Waals surface area contributed by atoms with E-state index in [9.17, 15) is 13.2 Å². The van der Waals surface area contributed by atoms with Crippen molar-refractivity contribution < 1.29 is 13.2 Å².